The molecule has 2 aromatic carbocycles. The lowest BCUT2D eigenvalue weighted by atomic mass is 9.96. The third-order valence-electron chi connectivity index (χ3n) is 5.88. The molecule has 1 aliphatic heterocycles. The van der Waals surface area contributed by atoms with E-state index in [9.17, 15) is 27.2 Å². The molecule has 1 unspecified atom stereocenters. The molecule has 3 N–H and O–H groups in total. The Hall–Kier alpha value is -3.47. The Kier molecular flexibility index (Phi) is 5.61. The number of aryl methyl sites for hydroxylation is 1. The maximum Gasteiger partial charge on any atom is 0.325 e. The molecule has 9 nitrogen and oxygen atoms in total. The van der Waals surface area contributed by atoms with Crippen molar-refractivity contribution in [2.45, 2.75) is 37.1 Å². The van der Waals surface area contributed by atoms with Gasteiger partial charge in [0.25, 0.3) is 15.9 Å². The highest BCUT2D eigenvalue weighted by Crippen LogP contribution is 2.42. The lowest BCUT2D eigenvalue weighted by Crippen LogP contribution is -2.46. The number of rotatable bonds is 7. The molecule has 0 spiro atoms. The third-order valence-corrected chi connectivity index (χ3v) is 7.38. The fraction of sp³-hybridized carbons (Fsp3) is 0.318. The minimum atomic E-state index is -4.15. The van der Waals surface area contributed by atoms with E-state index in [1.54, 1.807) is 13.8 Å². The first-order chi connectivity index (χ1) is 15.5. The molecule has 0 aromatic heterocycles. The maximum absolute atomic E-state index is 13.9. The average Bonchev–Trinajstić information content (AvgIpc) is 3.57. The van der Waals surface area contributed by atoms with E-state index >= 15 is 0 Å². The van der Waals surface area contributed by atoms with Crippen molar-refractivity contribution in [2.75, 3.05) is 16.6 Å². The number of carbonyl (C=O) groups is 3. The van der Waals surface area contributed by atoms with E-state index < -0.39 is 45.8 Å². The predicted octanol–water partition coefficient (Wildman–Crippen LogP) is 2.59. The van der Waals surface area contributed by atoms with Crippen molar-refractivity contribution in [3.8, 4) is 0 Å². The second-order valence-corrected chi connectivity index (χ2v) is 10.1. The van der Waals surface area contributed by atoms with Gasteiger partial charge in [-0.15, -0.1) is 0 Å². The van der Waals surface area contributed by atoms with Crippen molar-refractivity contribution in [1.82, 2.24) is 10.2 Å². The summed E-state index contributed by atoms with van der Waals surface area (Å²) in [5.41, 5.74) is -0.674. The van der Waals surface area contributed by atoms with Crippen LogP contribution < -0.4 is 15.4 Å². The second kappa shape index (κ2) is 8.14. The Morgan fingerprint density at radius 2 is 1.91 bits per heavy atom. The highest BCUT2D eigenvalue weighted by atomic mass is 32.2. The number of halogens is 1. The van der Waals surface area contributed by atoms with Crippen LogP contribution >= 0.6 is 0 Å². The smallest absolute Gasteiger partial charge is 0.324 e. The van der Waals surface area contributed by atoms with Gasteiger partial charge in [-0.3, -0.25) is 19.2 Å². The molecule has 2 fully saturated rings. The minimum Gasteiger partial charge on any atom is -0.324 e. The fourth-order valence-electron chi connectivity index (χ4n) is 3.85. The van der Waals surface area contributed by atoms with E-state index in [0.29, 0.717) is 5.56 Å². The first-order valence-electron chi connectivity index (χ1n) is 10.3. The van der Waals surface area contributed by atoms with E-state index in [1.807, 2.05) is 0 Å². The number of anilines is 2. The summed E-state index contributed by atoms with van der Waals surface area (Å²) in [6.07, 6.45) is 1.67. The zero-order valence-electron chi connectivity index (χ0n) is 18.0. The molecule has 1 saturated carbocycles. The van der Waals surface area contributed by atoms with Crippen molar-refractivity contribution in [2.24, 2.45) is 5.92 Å². The standard InChI is InChI=1S/C22H23FN4O5S/c1-13-7-10-15(11-18(13)33(31,32)26-17-6-4-3-5-16(17)23)24-19(28)12-27-20(29)22(2,14-8-9-14)25-21(27)30/h3-7,10-11,14,26H,8-9,12H2,1-2H3,(H,24,28)(H,25,30). The molecule has 4 rings (SSSR count). The first-order valence-corrected chi connectivity index (χ1v) is 11.8. The number of hydrogen-bond donors (Lipinski definition) is 3. The highest BCUT2D eigenvalue weighted by molar-refractivity contribution is 7.92. The van der Waals surface area contributed by atoms with Crippen molar-refractivity contribution in [3.05, 3.63) is 53.8 Å². The lowest BCUT2D eigenvalue weighted by Gasteiger charge is -2.20. The molecule has 1 aliphatic carbocycles. The lowest BCUT2D eigenvalue weighted by molar-refractivity contribution is -0.134. The second-order valence-electron chi connectivity index (χ2n) is 8.41. The topological polar surface area (TPSA) is 125 Å². The molecule has 1 saturated heterocycles. The largest absolute Gasteiger partial charge is 0.325 e. The number of nitrogens with one attached hydrogen (secondary N) is 3. The number of nitrogens with zero attached hydrogens (tertiary/aromatic N) is 1. The molecular formula is C22H23FN4O5S. The van der Waals surface area contributed by atoms with Gasteiger partial charge in [0.05, 0.1) is 10.6 Å². The van der Waals surface area contributed by atoms with Crippen LogP contribution in [0.2, 0.25) is 0 Å². The van der Waals surface area contributed by atoms with Crippen molar-refractivity contribution < 1.29 is 27.2 Å². The molecule has 33 heavy (non-hydrogen) atoms. The Labute approximate surface area is 190 Å². The molecule has 11 heteroatoms. The molecule has 1 heterocycles. The van der Waals surface area contributed by atoms with Gasteiger partial charge in [0.2, 0.25) is 5.91 Å². The van der Waals surface area contributed by atoms with Gasteiger partial charge in [0, 0.05) is 5.69 Å². The summed E-state index contributed by atoms with van der Waals surface area (Å²) in [5.74, 6) is -1.78. The summed E-state index contributed by atoms with van der Waals surface area (Å²) in [6, 6.07) is 8.94. The number of sulfonamides is 1. The van der Waals surface area contributed by atoms with Gasteiger partial charge in [-0.1, -0.05) is 18.2 Å². The number of urea groups is 1. The summed E-state index contributed by atoms with van der Waals surface area (Å²) in [5, 5.41) is 5.18. The number of hydrogen-bond acceptors (Lipinski definition) is 5. The average molecular weight is 475 g/mol. The van der Waals surface area contributed by atoms with Crippen LogP contribution in [0.5, 0.6) is 0 Å². The van der Waals surface area contributed by atoms with Crippen LogP contribution in [0, 0.1) is 18.7 Å². The van der Waals surface area contributed by atoms with Gasteiger partial charge in [-0.25, -0.2) is 17.6 Å². The van der Waals surface area contributed by atoms with E-state index in [4.69, 9.17) is 0 Å². The summed E-state index contributed by atoms with van der Waals surface area (Å²) >= 11 is 0. The first kappa shape index (κ1) is 22.7. The van der Waals surface area contributed by atoms with Crippen LogP contribution in [-0.4, -0.2) is 43.2 Å². The predicted molar refractivity (Wildman–Crippen MR) is 118 cm³/mol. The molecule has 2 aromatic rings. The molecule has 174 valence electrons. The summed E-state index contributed by atoms with van der Waals surface area (Å²) in [7, 11) is -4.15. The van der Waals surface area contributed by atoms with E-state index in [0.717, 1.165) is 23.8 Å². The number of para-hydroxylation sites is 1. The third kappa shape index (κ3) is 4.40. The zero-order valence-corrected chi connectivity index (χ0v) is 18.8. The van der Waals surface area contributed by atoms with Crippen LogP contribution in [0.15, 0.2) is 47.4 Å². The zero-order chi connectivity index (χ0) is 24.0. The van der Waals surface area contributed by atoms with Gasteiger partial charge in [0.15, 0.2) is 0 Å². The SMILES string of the molecule is Cc1ccc(NC(=O)CN2C(=O)NC(C)(C3CC3)C2=O)cc1S(=O)(=O)Nc1ccccc1F. The van der Waals surface area contributed by atoms with Gasteiger partial charge >= 0.3 is 6.03 Å². The number of carbonyl (C=O) groups excluding carboxylic acids is 3. The normalized spacial score (nSPS) is 20.5. The maximum atomic E-state index is 13.9. The van der Waals surface area contributed by atoms with Crippen LogP contribution in [0.3, 0.4) is 0 Å². The Morgan fingerprint density at radius 1 is 1.21 bits per heavy atom. The molecule has 4 amide bonds. The van der Waals surface area contributed by atoms with Gasteiger partial charge in [-0.05, 0) is 62.4 Å². The van der Waals surface area contributed by atoms with Crippen LogP contribution in [0.25, 0.3) is 0 Å². The van der Waals surface area contributed by atoms with Crippen LogP contribution in [0.1, 0.15) is 25.3 Å². The number of imide groups is 1. The Bertz CT molecular complexity index is 1260. The molecule has 1 atom stereocenters. The number of amides is 4. The summed E-state index contributed by atoms with van der Waals surface area (Å²) in [6.45, 7) is 2.71. The van der Waals surface area contributed by atoms with E-state index in [-0.39, 0.29) is 22.2 Å². The van der Waals surface area contributed by atoms with Crippen molar-refractivity contribution in [1.29, 1.82) is 0 Å². The van der Waals surface area contributed by atoms with Crippen molar-refractivity contribution in [3.63, 3.8) is 0 Å². The van der Waals surface area contributed by atoms with E-state index in [2.05, 4.69) is 15.4 Å². The molecule has 2 aliphatic rings. The van der Waals surface area contributed by atoms with Crippen LogP contribution in [0.4, 0.5) is 20.6 Å². The van der Waals surface area contributed by atoms with E-state index in [1.165, 1.54) is 36.4 Å². The number of benzene rings is 2. The van der Waals surface area contributed by atoms with Gasteiger partial charge in [0.1, 0.15) is 17.9 Å². The fourth-order valence-corrected chi connectivity index (χ4v) is 5.19. The Balaban J connectivity index is 1.49. The van der Waals surface area contributed by atoms with Crippen LogP contribution in [-0.2, 0) is 19.6 Å². The highest BCUT2D eigenvalue weighted by Gasteiger charge is 2.56. The molecule has 0 radical (unpaired) electrons. The minimum absolute atomic E-state index is 0.0637. The van der Waals surface area contributed by atoms with Gasteiger partial charge < -0.3 is 10.6 Å². The monoisotopic (exact) mass is 474 g/mol. The molecule has 0 bridgehead atoms. The molecular weight excluding hydrogens is 451 g/mol. The van der Waals surface area contributed by atoms with Gasteiger partial charge in [-0.2, -0.15) is 0 Å². The quantitative estimate of drug-likeness (QED) is 0.532. The summed E-state index contributed by atoms with van der Waals surface area (Å²) in [4.78, 5) is 38.2. The van der Waals surface area contributed by atoms with Crippen molar-refractivity contribution >= 4 is 39.2 Å². The summed E-state index contributed by atoms with van der Waals surface area (Å²) < 4.78 is 41.7. The Morgan fingerprint density at radius 3 is 2.58 bits per heavy atom.